The summed E-state index contributed by atoms with van der Waals surface area (Å²) >= 11 is 0. The van der Waals surface area contributed by atoms with Crippen molar-refractivity contribution in [3.8, 4) is 17.0 Å². The SMILES string of the molecule is [2H]C([2H])([2H])N(CCN(C)C)c1cc(OC)c(Nc2nccc(-c3cn(C)c4ccccc34)n2)cc1NC(=O)/C=C/C=C. The predicted molar refractivity (Wildman–Crippen MR) is 160 cm³/mol. The second kappa shape index (κ2) is 12.3. The lowest BCUT2D eigenvalue weighted by Gasteiger charge is -2.26. The van der Waals surface area contributed by atoms with E-state index in [0.717, 1.165) is 22.2 Å². The molecule has 4 aromatic rings. The molecule has 202 valence electrons. The van der Waals surface area contributed by atoms with Gasteiger partial charge in [-0.15, -0.1) is 0 Å². The van der Waals surface area contributed by atoms with E-state index in [1.54, 1.807) is 18.3 Å². The fraction of sp³-hybridized carbons (Fsp3) is 0.233. The van der Waals surface area contributed by atoms with Crippen molar-refractivity contribution < 1.29 is 13.6 Å². The Hall–Kier alpha value is -4.63. The Morgan fingerprint density at radius 3 is 2.77 bits per heavy atom. The van der Waals surface area contributed by atoms with Gasteiger partial charge in [-0.25, -0.2) is 9.97 Å². The molecule has 0 aliphatic carbocycles. The number of hydrogen-bond acceptors (Lipinski definition) is 7. The summed E-state index contributed by atoms with van der Waals surface area (Å²) in [5.74, 6) is 0.207. The number of nitrogens with zero attached hydrogens (tertiary/aromatic N) is 5. The van der Waals surface area contributed by atoms with Crippen LogP contribution >= 0.6 is 0 Å². The number of likely N-dealkylation sites (N-methyl/N-ethyl adjacent to an activating group) is 2. The molecule has 0 radical (unpaired) electrons. The monoisotopic (exact) mass is 528 g/mol. The Labute approximate surface area is 233 Å². The van der Waals surface area contributed by atoms with Crippen molar-refractivity contribution in [2.24, 2.45) is 7.05 Å². The van der Waals surface area contributed by atoms with Gasteiger partial charge in [0.25, 0.3) is 0 Å². The van der Waals surface area contributed by atoms with Crippen LogP contribution in [0.4, 0.5) is 23.0 Å². The molecule has 9 nitrogen and oxygen atoms in total. The van der Waals surface area contributed by atoms with Crippen molar-refractivity contribution in [3.05, 3.63) is 79.7 Å². The fourth-order valence-electron chi connectivity index (χ4n) is 4.14. The highest BCUT2D eigenvalue weighted by molar-refractivity contribution is 6.02. The van der Waals surface area contributed by atoms with Gasteiger partial charge in [0.1, 0.15) is 5.75 Å². The second-order valence-electron chi connectivity index (χ2n) is 9.17. The van der Waals surface area contributed by atoms with Crippen LogP contribution in [0.2, 0.25) is 0 Å². The van der Waals surface area contributed by atoms with Gasteiger partial charge in [-0.3, -0.25) is 4.79 Å². The molecule has 2 aromatic heterocycles. The van der Waals surface area contributed by atoms with Crippen LogP contribution in [0.5, 0.6) is 5.75 Å². The Bertz CT molecular complexity index is 1610. The molecule has 0 fully saturated rings. The van der Waals surface area contributed by atoms with Crippen LogP contribution < -0.4 is 20.3 Å². The van der Waals surface area contributed by atoms with Gasteiger partial charge in [0.2, 0.25) is 11.9 Å². The van der Waals surface area contributed by atoms with Crippen LogP contribution in [0.1, 0.15) is 4.11 Å². The number of ether oxygens (including phenoxy) is 1. The predicted octanol–water partition coefficient (Wildman–Crippen LogP) is 5.07. The third kappa shape index (κ3) is 6.45. The van der Waals surface area contributed by atoms with E-state index in [0.29, 0.717) is 23.9 Å². The number of rotatable bonds is 11. The number of fused-ring (bicyclic) bond motifs is 1. The first kappa shape index (κ1) is 23.5. The summed E-state index contributed by atoms with van der Waals surface area (Å²) < 4.78 is 32.3. The first-order valence-corrected chi connectivity index (χ1v) is 12.4. The molecule has 0 spiro atoms. The van der Waals surface area contributed by atoms with Gasteiger partial charge >= 0.3 is 0 Å². The minimum Gasteiger partial charge on any atom is -0.494 e. The molecule has 0 saturated heterocycles. The number of aromatic nitrogens is 3. The average molecular weight is 529 g/mol. The van der Waals surface area contributed by atoms with Crippen molar-refractivity contribution in [2.75, 3.05) is 56.8 Å². The summed E-state index contributed by atoms with van der Waals surface area (Å²) in [4.78, 5) is 25.0. The molecule has 39 heavy (non-hydrogen) atoms. The molecule has 0 atom stereocenters. The summed E-state index contributed by atoms with van der Waals surface area (Å²) in [6.07, 6.45) is 7.97. The van der Waals surface area contributed by atoms with E-state index in [4.69, 9.17) is 13.8 Å². The van der Waals surface area contributed by atoms with Crippen LogP contribution in [-0.4, -0.2) is 66.6 Å². The first-order chi connectivity index (χ1) is 20.0. The van der Waals surface area contributed by atoms with Crippen molar-refractivity contribution in [1.29, 1.82) is 0 Å². The van der Waals surface area contributed by atoms with Gasteiger partial charge in [-0.05, 0) is 32.3 Å². The number of allylic oxidation sites excluding steroid dienone is 2. The highest BCUT2D eigenvalue weighted by Crippen LogP contribution is 2.38. The lowest BCUT2D eigenvalue weighted by atomic mass is 10.1. The molecule has 0 bridgehead atoms. The summed E-state index contributed by atoms with van der Waals surface area (Å²) in [7, 11) is 7.20. The topological polar surface area (TPSA) is 87.6 Å². The maximum absolute atomic E-state index is 12.7. The zero-order chi connectivity index (χ0) is 30.4. The minimum absolute atomic E-state index is 0.182. The highest BCUT2D eigenvalue weighted by atomic mass is 16.5. The molecule has 2 aromatic carbocycles. The lowest BCUT2D eigenvalue weighted by molar-refractivity contribution is -0.111. The maximum atomic E-state index is 12.7. The summed E-state index contributed by atoms with van der Waals surface area (Å²) in [5, 5.41) is 7.06. The standard InChI is InChI=1S/C30H35N7O2/c1-7-8-13-29(38)32-24-18-25(28(39-6)19-27(24)36(4)17-16-35(2)3)34-30-31-15-14-23(33-30)22-20-37(5)26-12-10-9-11-21(22)26/h7-15,18-20H,1,16-17H2,2-6H3,(H,32,38)(H,31,33,34)/b13-8+/i4D3. The number of carbonyl (C=O) groups excluding carboxylic acids is 1. The van der Waals surface area contributed by atoms with Crippen molar-refractivity contribution >= 4 is 39.8 Å². The Morgan fingerprint density at radius 2 is 2.03 bits per heavy atom. The summed E-state index contributed by atoms with van der Waals surface area (Å²) in [6.45, 7) is 1.76. The summed E-state index contributed by atoms with van der Waals surface area (Å²) in [6, 6.07) is 13.1. The Morgan fingerprint density at radius 1 is 1.21 bits per heavy atom. The van der Waals surface area contributed by atoms with Gasteiger partial charge < -0.3 is 29.7 Å². The van der Waals surface area contributed by atoms with E-state index in [1.165, 1.54) is 30.2 Å². The zero-order valence-electron chi connectivity index (χ0n) is 25.6. The van der Waals surface area contributed by atoms with E-state index >= 15 is 0 Å². The summed E-state index contributed by atoms with van der Waals surface area (Å²) in [5.41, 5.74) is 3.76. The number of carbonyl (C=O) groups is 1. The molecule has 0 saturated carbocycles. The Kier molecular flexibility index (Phi) is 7.39. The molecule has 9 heteroatoms. The number of benzene rings is 2. The number of amides is 1. The van der Waals surface area contributed by atoms with Gasteiger partial charge in [0.05, 0.1) is 29.9 Å². The van der Waals surface area contributed by atoms with E-state index in [9.17, 15) is 4.79 Å². The van der Waals surface area contributed by atoms with E-state index in [1.807, 2.05) is 67.1 Å². The van der Waals surface area contributed by atoms with Crippen LogP contribution in [-0.2, 0) is 11.8 Å². The van der Waals surface area contributed by atoms with Crippen LogP contribution in [0.3, 0.4) is 0 Å². The number of hydrogen-bond donors (Lipinski definition) is 2. The number of methoxy groups -OCH3 is 1. The third-order valence-corrected chi connectivity index (χ3v) is 6.10. The second-order valence-corrected chi connectivity index (χ2v) is 9.17. The maximum Gasteiger partial charge on any atom is 0.248 e. The molecule has 0 aliphatic rings. The normalized spacial score (nSPS) is 12.7. The largest absolute Gasteiger partial charge is 0.494 e. The van der Waals surface area contributed by atoms with Crippen LogP contribution in [0.15, 0.2) is 79.7 Å². The first-order valence-electron chi connectivity index (χ1n) is 13.9. The minimum atomic E-state index is -2.48. The van der Waals surface area contributed by atoms with Crippen LogP contribution in [0.25, 0.3) is 22.2 Å². The van der Waals surface area contributed by atoms with Crippen molar-refractivity contribution in [2.45, 2.75) is 0 Å². The molecular formula is C30H35N7O2. The Balaban J connectivity index is 1.78. The molecule has 2 N–H and O–H groups in total. The number of aryl methyl sites for hydroxylation is 1. The molecule has 0 unspecified atom stereocenters. The number of para-hydroxylation sites is 1. The highest BCUT2D eigenvalue weighted by Gasteiger charge is 2.17. The lowest BCUT2D eigenvalue weighted by Crippen LogP contribution is -2.29. The van der Waals surface area contributed by atoms with Gasteiger partial charge in [-0.2, -0.15) is 0 Å². The van der Waals surface area contributed by atoms with Crippen molar-refractivity contribution in [3.63, 3.8) is 0 Å². The molecule has 2 heterocycles. The number of nitrogens with one attached hydrogen (secondary N) is 2. The zero-order valence-corrected chi connectivity index (χ0v) is 22.6. The van der Waals surface area contributed by atoms with Gasteiger partial charge in [-0.1, -0.05) is 36.9 Å². The van der Waals surface area contributed by atoms with Gasteiger partial charge in [0.15, 0.2) is 0 Å². The fourth-order valence-corrected chi connectivity index (χ4v) is 4.14. The average Bonchev–Trinajstić information content (AvgIpc) is 3.28. The van der Waals surface area contributed by atoms with Crippen molar-refractivity contribution in [1.82, 2.24) is 19.4 Å². The van der Waals surface area contributed by atoms with Gasteiger partial charge in [0, 0.05) is 72.2 Å². The van der Waals surface area contributed by atoms with Crippen LogP contribution in [0, 0.1) is 0 Å². The smallest absolute Gasteiger partial charge is 0.248 e. The quantitative estimate of drug-likeness (QED) is 0.208. The molecular weight excluding hydrogens is 490 g/mol. The molecule has 1 amide bonds. The molecule has 0 aliphatic heterocycles. The number of anilines is 4. The van der Waals surface area contributed by atoms with E-state index in [2.05, 4.69) is 22.2 Å². The van der Waals surface area contributed by atoms with E-state index in [-0.39, 0.29) is 17.9 Å². The molecule has 4 rings (SSSR count). The third-order valence-electron chi connectivity index (χ3n) is 6.10. The van der Waals surface area contributed by atoms with E-state index < -0.39 is 12.9 Å².